The zero-order valence-electron chi connectivity index (χ0n) is 19.3. The molecule has 1 heterocycles. The molecule has 0 atom stereocenters. The highest BCUT2D eigenvalue weighted by Crippen LogP contribution is 2.40. The van der Waals surface area contributed by atoms with E-state index >= 15 is 0 Å². The van der Waals surface area contributed by atoms with E-state index in [0.717, 1.165) is 12.1 Å². The van der Waals surface area contributed by atoms with Gasteiger partial charge in [-0.25, -0.2) is 18.7 Å². The summed E-state index contributed by atoms with van der Waals surface area (Å²) >= 11 is 0. The van der Waals surface area contributed by atoms with Gasteiger partial charge in [-0.1, -0.05) is 0 Å². The van der Waals surface area contributed by atoms with Crippen molar-refractivity contribution in [1.29, 1.82) is 0 Å². The number of hydrogen-bond acceptors (Lipinski definition) is 7. The van der Waals surface area contributed by atoms with Crippen molar-refractivity contribution in [3.8, 4) is 11.5 Å². The Morgan fingerprint density at radius 1 is 1.20 bits per heavy atom. The van der Waals surface area contributed by atoms with E-state index in [4.69, 9.17) is 9.47 Å². The van der Waals surface area contributed by atoms with Crippen molar-refractivity contribution in [2.24, 2.45) is 4.36 Å². The van der Waals surface area contributed by atoms with E-state index in [9.17, 15) is 22.4 Å². The number of ether oxygens (including phenoxy) is 2. The monoisotopic (exact) mass is 513 g/mol. The maximum absolute atomic E-state index is 13.9. The number of rotatable bonds is 8. The lowest BCUT2D eigenvalue weighted by molar-refractivity contribution is -0.139. The van der Waals surface area contributed by atoms with E-state index in [2.05, 4.69) is 19.6 Å². The minimum Gasteiger partial charge on any atom is -0.494 e. The summed E-state index contributed by atoms with van der Waals surface area (Å²) in [6.45, 7) is -0.416. The first-order valence-corrected chi connectivity index (χ1v) is 12.1. The van der Waals surface area contributed by atoms with E-state index < -0.39 is 31.1 Å². The number of aromatic nitrogens is 2. The Kier molecular flexibility index (Phi) is 8.10. The first-order chi connectivity index (χ1) is 16.5. The second kappa shape index (κ2) is 10.8. The lowest BCUT2D eigenvalue weighted by Gasteiger charge is -2.17. The number of carbonyl (C=O) groups is 1. The lowest BCUT2D eigenvalue weighted by atomic mass is 10.1. The summed E-state index contributed by atoms with van der Waals surface area (Å²) < 4.78 is 66.2. The van der Waals surface area contributed by atoms with Crippen molar-refractivity contribution < 1.29 is 31.8 Å². The van der Waals surface area contributed by atoms with Gasteiger partial charge in [0.1, 0.15) is 41.7 Å². The average Bonchev–Trinajstić information content (AvgIpc) is 2.77. The molecule has 35 heavy (non-hydrogen) atoms. The SMILES string of the molecule is COc1c(N=S(C)C)cc2ncnc(Nc3ccc(F)cc3OCC(=O)NCC(F)(F)F)c2c1C. The van der Waals surface area contributed by atoms with Crippen LogP contribution in [0.15, 0.2) is 35.0 Å². The number of aryl methyl sites for hydroxylation is 1. The largest absolute Gasteiger partial charge is 0.494 e. The maximum atomic E-state index is 13.9. The van der Waals surface area contributed by atoms with E-state index in [0.29, 0.717) is 33.7 Å². The number of fused-ring (bicyclic) bond motifs is 1. The minimum atomic E-state index is -4.56. The van der Waals surface area contributed by atoms with Crippen LogP contribution in [0.25, 0.3) is 10.9 Å². The molecule has 188 valence electrons. The Morgan fingerprint density at radius 2 is 1.94 bits per heavy atom. The van der Waals surface area contributed by atoms with Crippen LogP contribution in [0.3, 0.4) is 0 Å². The molecule has 1 aromatic heterocycles. The van der Waals surface area contributed by atoms with Crippen LogP contribution in [-0.2, 0) is 15.5 Å². The van der Waals surface area contributed by atoms with Crippen LogP contribution in [0, 0.1) is 12.7 Å². The van der Waals surface area contributed by atoms with Gasteiger partial charge in [-0.05, 0) is 37.6 Å². The number of anilines is 2. The van der Waals surface area contributed by atoms with E-state index in [1.165, 1.54) is 19.5 Å². The summed E-state index contributed by atoms with van der Waals surface area (Å²) in [5, 5.41) is 5.35. The van der Waals surface area contributed by atoms with Crippen LogP contribution in [0.4, 0.5) is 34.8 Å². The molecule has 2 aromatic carbocycles. The van der Waals surface area contributed by atoms with Gasteiger partial charge >= 0.3 is 6.18 Å². The number of carbonyl (C=O) groups excluding carboxylic acids is 1. The van der Waals surface area contributed by atoms with Gasteiger partial charge in [-0.15, -0.1) is 10.7 Å². The molecule has 0 aliphatic heterocycles. The zero-order valence-corrected chi connectivity index (χ0v) is 20.1. The molecule has 13 heteroatoms. The molecule has 0 saturated carbocycles. The van der Waals surface area contributed by atoms with Crippen LogP contribution in [0.2, 0.25) is 0 Å². The third-order valence-electron chi connectivity index (χ3n) is 4.62. The van der Waals surface area contributed by atoms with Gasteiger partial charge in [-0.3, -0.25) is 4.79 Å². The molecule has 0 unspecified atom stereocenters. The molecular weight excluding hydrogens is 490 g/mol. The van der Waals surface area contributed by atoms with Gasteiger partial charge in [0.05, 0.1) is 18.3 Å². The Labute approximate surface area is 201 Å². The molecule has 3 rings (SSSR count). The Balaban J connectivity index is 1.94. The highest BCUT2D eigenvalue weighted by molar-refractivity contribution is 7.85. The van der Waals surface area contributed by atoms with Crippen LogP contribution in [-0.4, -0.2) is 54.8 Å². The Hall–Kier alpha value is -3.48. The number of benzene rings is 2. The van der Waals surface area contributed by atoms with Crippen LogP contribution < -0.4 is 20.1 Å². The normalized spacial score (nSPS) is 11.5. The molecule has 1 amide bonds. The van der Waals surface area contributed by atoms with Crippen molar-refractivity contribution >= 4 is 44.7 Å². The standard InChI is InChI=1S/C22H23F4N5O3S/c1-12-19-15(8-16(20(12)33-2)31-35(3)4)28-11-29-21(19)30-14-6-5-13(23)7-17(14)34-9-18(32)27-10-22(24,25)26/h5-8,11H,9-10H2,1-4H3,(H,27,32)(H,28,29,30). The molecule has 0 aliphatic carbocycles. The van der Waals surface area contributed by atoms with Crippen molar-refractivity contribution in [3.63, 3.8) is 0 Å². The number of halogens is 4. The second-order valence-corrected chi connectivity index (χ2v) is 9.21. The van der Waals surface area contributed by atoms with Gasteiger partial charge in [0.25, 0.3) is 5.91 Å². The molecule has 0 spiro atoms. The van der Waals surface area contributed by atoms with Crippen LogP contribution in [0.5, 0.6) is 11.5 Å². The minimum absolute atomic E-state index is 0.0869. The van der Waals surface area contributed by atoms with Gasteiger partial charge in [0.15, 0.2) is 6.61 Å². The quantitative estimate of drug-likeness (QED) is 0.428. The first-order valence-electron chi connectivity index (χ1n) is 10.1. The highest BCUT2D eigenvalue weighted by atomic mass is 32.2. The zero-order chi connectivity index (χ0) is 25.8. The molecule has 8 nitrogen and oxygen atoms in total. The van der Waals surface area contributed by atoms with Crippen molar-refractivity contribution in [3.05, 3.63) is 42.0 Å². The van der Waals surface area contributed by atoms with Gasteiger partial charge in [0.2, 0.25) is 0 Å². The Morgan fingerprint density at radius 3 is 2.60 bits per heavy atom. The Bertz CT molecular complexity index is 1280. The molecule has 0 bridgehead atoms. The van der Waals surface area contributed by atoms with Crippen LogP contribution >= 0.6 is 0 Å². The number of methoxy groups -OCH3 is 1. The van der Waals surface area contributed by atoms with E-state index in [1.807, 2.05) is 19.4 Å². The van der Waals surface area contributed by atoms with Gasteiger partial charge in [-0.2, -0.15) is 13.2 Å². The summed E-state index contributed by atoms with van der Waals surface area (Å²) in [4.78, 5) is 20.3. The van der Waals surface area contributed by atoms with E-state index in [1.54, 1.807) is 11.4 Å². The van der Waals surface area contributed by atoms with E-state index in [-0.39, 0.29) is 22.1 Å². The number of hydrogen-bond donors (Lipinski definition) is 2. The molecular formula is C22H23F4N5O3S. The number of alkyl halides is 3. The molecule has 3 aromatic rings. The first kappa shape index (κ1) is 26.1. The maximum Gasteiger partial charge on any atom is 0.405 e. The molecule has 0 aliphatic rings. The topological polar surface area (TPSA) is 97.7 Å². The van der Waals surface area contributed by atoms with Crippen molar-refractivity contribution in [2.75, 3.05) is 38.1 Å². The predicted molar refractivity (Wildman–Crippen MR) is 126 cm³/mol. The fraction of sp³-hybridized carbons (Fsp3) is 0.318. The summed E-state index contributed by atoms with van der Waals surface area (Å²) in [5.74, 6) is -0.855. The summed E-state index contributed by atoms with van der Waals surface area (Å²) in [6, 6.07) is 5.31. The number of nitrogens with zero attached hydrogens (tertiary/aromatic N) is 3. The fourth-order valence-corrected chi connectivity index (χ4v) is 3.76. The molecule has 0 saturated heterocycles. The third kappa shape index (κ3) is 6.78. The van der Waals surface area contributed by atoms with Crippen molar-refractivity contribution in [1.82, 2.24) is 15.3 Å². The lowest BCUT2D eigenvalue weighted by Crippen LogP contribution is -2.36. The molecule has 0 radical (unpaired) electrons. The fourth-order valence-electron chi connectivity index (χ4n) is 3.24. The second-order valence-electron chi connectivity index (χ2n) is 7.48. The number of amides is 1. The summed E-state index contributed by atoms with van der Waals surface area (Å²) in [6.07, 6.45) is 0.709. The molecule has 2 N–H and O–H groups in total. The third-order valence-corrected chi connectivity index (χ3v) is 5.19. The van der Waals surface area contributed by atoms with Crippen LogP contribution in [0.1, 0.15) is 5.56 Å². The average molecular weight is 514 g/mol. The predicted octanol–water partition coefficient (Wildman–Crippen LogP) is 4.58. The summed E-state index contributed by atoms with van der Waals surface area (Å²) in [5.41, 5.74) is 2.19. The van der Waals surface area contributed by atoms with Gasteiger partial charge < -0.3 is 20.1 Å². The smallest absolute Gasteiger partial charge is 0.405 e. The number of nitrogens with one attached hydrogen (secondary N) is 2. The van der Waals surface area contributed by atoms with Crippen molar-refractivity contribution in [2.45, 2.75) is 13.1 Å². The van der Waals surface area contributed by atoms with Gasteiger partial charge in [0, 0.05) is 17.0 Å². The summed E-state index contributed by atoms with van der Waals surface area (Å²) in [7, 11) is 1.29. The highest BCUT2D eigenvalue weighted by Gasteiger charge is 2.27. The molecule has 0 fully saturated rings.